The molecule has 1 amide bonds. The van der Waals surface area contributed by atoms with Crippen molar-refractivity contribution in [3.63, 3.8) is 0 Å². The number of rotatable bonds is 7. The van der Waals surface area contributed by atoms with Crippen LogP contribution in [0.15, 0.2) is 18.5 Å². The fraction of sp³-hybridized carbons (Fsp3) is 0.538. The topological polar surface area (TPSA) is 83.3 Å². The van der Waals surface area contributed by atoms with Gasteiger partial charge in [0.25, 0.3) is 5.91 Å². The maximum atomic E-state index is 11.9. The zero-order valence-electron chi connectivity index (χ0n) is 11.8. The number of hydrogen-bond acceptors (Lipinski definition) is 5. The highest BCUT2D eigenvalue weighted by atomic mass is 16.1. The van der Waals surface area contributed by atoms with Crippen molar-refractivity contribution < 1.29 is 4.79 Å². The summed E-state index contributed by atoms with van der Waals surface area (Å²) in [4.78, 5) is 18.1. The lowest BCUT2D eigenvalue weighted by atomic mass is 10.2. The van der Waals surface area contributed by atoms with E-state index in [4.69, 9.17) is 5.84 Å². The van der Waals surface area contributed by atoms with Crippen LogP contribution < -0.4 is 16.6 Å². The Hall–Kier alpha value is -1.66. The Morgan fingerprint density at radius 2 is 2.26 bits per heavy atom. The van der Waals surface area contributed by atoms with Gasteiger partial charge in [-0.1, -0.05) is 0 Å². The highest BCUT2D eigenvalue weighted by molar-refractivity contribution is 5.99. The molecule has 1 aromatic heterocycles. The second-order valence-corrected chi connectivity index (χ2v) is 4.75. The SMILES string of the molecule is CC(C)N(C)CCCNC(=O)c1cnccc1NN. The summed E-state index contributed by atoms with van der Waals surface area (Å²) in [5.74, 6) is 5.19. The first-order valence-electron chi connectivity index (χ1n) is 6.45. The van der Waals surface area contributed by atoms with Crippen molar-refractivity contribution in [2.24, 2.45) is 5.84 Å². The van der Waals surface area contributed by atoms with Crippen LogP contribution in [-0.4, -0.2) is 42.0 Å². The normalized spacial score (nSPS) is 10.8. The molecule has 0 aliphatic carbocycles. The van der Waals surface area contributed by atoms with Crippen molar-refractivity contribution in [2.75, 3.05) is 25.6 Å². The molecule has 6 nitrogen and oxygen atoms in total. The summed E-state index contributed by atoms with van der Waals surface area (Å²) in [5.41, 5.74) is 3.53. The van der Waals surface area contributed by atoms with E-state index in [9.17, 15) is 4.79 Å². The number of pyridine rings is 1. The first kappa shape index (κ1) is 15.4. The largest absolute Gasteiger partial charge is 0.352 e. The minimum absolute atomic E-state index is 0.159. The van der Waals surface area contributed by atoms with E-state index in [0.29, 0.717) is 23.8 Å². The molecule has 0 bridgehead atoms. The zero-order chi connectivity index (χ0) is 14.3. The van der Waals surface area contributed by atoms with E-state index >= 15 is 0 Å². The van der Waals surface area contributed by atoms with Gasteiger partial charge < -0.3 is 15.6 Å². The monoisotopic (exact) mass is 265 g/mol. The Morgan fingerprint density at radius 3 is 2.89 bits per heavy atom. The Morgan fingerprint density at radius 1 is 1.53 bits per heavy atom. The fourth-order valence-electron chi connectivity index (χ4n) is 1.59. The van der Waals surface area contributed by atoms with Crippen molar-refractivity contribution in [1.82, 2.24) is 15.2 Å². The number of aromatic nitrogens is 1. The highest BCUT2D eigenvalue weighted by Gasteiger charge is 2.10. The van der Waals surface area contributed by atoms with Crippen molar-refractivity contribution >= 4 is 11.6 Å². The molecule has 1 heterocycles. The van der Waals surface area contributed by atoms with E-state index in [1.807, 2.05) is 0 Å². The fourth-order valence-corrected chi connectivity index (χ4v) is 1.59. The Kier molecular flexibility index (Phi) is 6.24. The molecule has 0 aliphatic rings. The van der Waals surface area contributed by atoms with Crippen LogP contribution in [0.1, 0.15) is 30.6 Å². The number of nitrogen functional groups attached to an aromatic ring is 1. The smallest absolute Gasteiger partial charge is 0.255 e. The van der Waals surface area contributed by atoms with E-state index < -0.39 is 0 Å². The summed E-state index contributed by atoms with van der Waals surface area (Å²) in [6.45, 7) is 5.88. The molecule has 0 saturated carbocycles. The number of nitrogens with zero attached hydrogens (tertiary/aromatic N) is 2. The van der Waals surface area contributed by atoms with Gasteiger partial charge in [-0.15, -0.1) is 0 Å². The Bertz CT molecular complexity index is 408. The van der Waals surface area contributed by atoms with Gasteiger partial charge in [0.05, 0.1) is 11.3 Å². The molecule has 4 N–H and O–H groups in total. The van der Waals surface area contributed by atoms with E-state index in [2.05, 4.69) is 41.5 Å². The van der Waals surface area contributed by atoms with Crippen molar-refractivity contribution in [3.05, 3.63) is 24.0 Å². The second kappa shape index (κ2) is 7.70. The van der Waals surface area contributed by atoms with Crippen LogP contribution in [0.5, 0.6) is 0 Å². The predicted molar refractivity (Wildman–Crippen MR) is 76.8 cm³/mol. The van der Waals surface area contributed by atoms with E-state index in [1.54, 1.807) is 12.3 Å². The van der Waals surface area contributed by atoms with Gasteiger partial charge in [-0.25, -0.2) is 0 Å². The molecular formula is C13H23N5O. The lowest BCUT2D eigenvalue weighted by Crippen LogP contribution is -2.31. The second-order valence-electron chi connectivity index (χ2n) is 4.75. The number of hydrazine groups is 1. The molecule has 0 unspecified atom stereocenters. The summed E-state index contributed by atoms with van der Waals surface area (Å²) in [6, 6.07) is 2.18. The first-order chi connectivity index (χ1) is 9.06. The number of anilines is 1. The minimum atomic E-state index is -0.159. The van der Waals surface area contributed by atoms with Crippen LogP contribution in [0.25, 0.3) is 0 Å². The van der Waals surface area contributed by atoms with Gasteiger partial charge in [-0.2, -0.15) is 0 Å². The quantitative estimate of drug-likeness (QED) is 0.386. The average molecular weight is 265 g/mol. The summed E-state index contributed by atoms with van der Waals surface area (Å²) in [7, 11) is 2.07. The van der Waals surface area contributed by atoms with Crippen molar-refractivity contribution in [3.8, 4) is 0 Å². The number of carbonyl (C=O) groups excluding carboxylic acids is 1. The van der Waals surface area contributed by atoms with E-state index in [0.717, 1.165) is 13.0 Å². The molecule has 19 heavy (non-hydrogen) atoms. The van der Waals surface area contributed by atoms with Crippen molar-refractivity contribution in [1.29, 1.82) is 0 Å². The summed E-state index contributed by atoms with van der Waals surface area (Å²) >= 11 is 0. The lowest BCUT2D eigenvalue weighted by Gasteiger charge is -2.20. The van der Waals surface area contributed by atoms with Crippen LogP contribution >= 0.6 is 0 Å². The first-order valence-corrected chi connectivity index (χ1v) is 6.45. The molecule has 1 aromatic rings. The molecule has 0 radical (unpaired) electrons. The number of nitrogens with two attached hydrogens (primary N) is 1. The number of amides is 1. The van der Waals surface area contributed by atoms with Crippen LogP contribution in [0.2, 0.25) is 0 Å². The molecule has 0 spiro atoms. The van der Waals surface area contributed by atoms with Crippen LogP contribution in [0.3, 0.4) is 0 Å². The molecule has 0 aliphatic heterocycles. The molecule has 6 heteroatoms. The Balaban J connectivity index is 2.39. The molecule has 1 rings (SSSR count). The average Bonchev–Trinajstić information content (AvgIpc) is 2.42. The van der Waals surface area contributed by atoms with Crippen molar-refractivity contribution in [2.45, 2.75) is 26.3 Å². The zero-order valence-corrected chi connectivity index (χ0v) is 11.8. The van der Waals surface area contributed by atoms with Crippen LogP contribution in [0, 0.1) is 0 Å². The summed E-state index contributed by atoms with van der Waals surface area (Å²) < 4.78 is 0. The maximum absolute atomic E-state index is 11.9. The molecule has 0 saturated heterocycles. The molecule has 0 atom stereocenters. The van der Waals surface area contributed by atoms with Gasteiger partial charge in [0.1, 0.15) is 0 Å². The molecule has 0 fully saturated rings. The predicted octanol–water partition coefficient (Wildman–Crippen LogP) is 0.827. The van der Waals surface area contributed by atoms with Gasteiger partial charge in [0.2, 0.25) is 0 Å². The van der Waals surface area contributed by atoms with Gasteiger partial charge >= 0.3 is 0 Å². The number of nitrogens with one attached hydrogen (secondary N) is 2. The highest BCUT2D eigenvalue weighted by Crippen LogP contribution is 2.11. The lowest BCUT2D eigenvalue weighted by molar-refractivity contribution is 0.0952. The van der Waals surface area contributed by atoms with Gasteiger partial charge in [-0.3, -0.25) is 15.6 Å². The Labute approximate surface area is 114 Å². The summed E-state index contributed by atoms with van der Waals surface area (Å²) in [5, 5.41) is 2.87. The number of hydrogen-bond donors (Lipinski definition) is 3. The molecule has 0 aromatic carbocycles. The number of carbonyl (C=O) groups is 1. The third kappa shape index (κ3) is 4.84. The third-order valence-electron chi connectivity index (χ3n) is 3.08. The van der Waals surface area contributed by atoms with E-state index in [-0.39, 0.29) is 5.91 Å². The van der Waals surface area contributed by atoms with Gasteiger partial charge in [-0.05, 0) is 39.9 Å². The summed E-state index contributed by atoms with van der Waals surface area (Å²) in [6.07, 6.45) is 4.00. The standard InChI is InChI=1S/C13H23N5O/c1-10(2)18(3)8-4-6-16-13(19)11-9-15-7-5-12(11)17-14/h5,7,9-10H,4,6,8,14H2,1-3H3,(H,15,17)(H,16,19). The van der Waals surface area contributed by atoms with Crippen LogP contribution in [-0.2, 0) is 0 Å². The maximum Gasteiger partial charge on any atom is 0.255 e. The minimum Gasteiger partial charge on any atom is -0.352 e. The molecule has 106 valence electrons. The third-order valence-corrected chi connectivity index (χ3v) is 3.08. The van der Waals surface area contributed by atoms with Gasteiger partial charge in [0.15, 0.2) is 0 Å². The van der Waals surface area contributed by atoms with Crippen LogP contribution in [0.4, 0.5) is 5.69 Å². The molecular weight excluding hydrogens is 242 g/mol. The van der Waals surface area contributed by atoms with Gasteiger partial charge in [0, 0.05) is 25.0 Å². The van der Waals surface area contributed by atoms with E-state index in [1.165, 1.54) is 6.20 Å².